The largest absolute Gasteiger partial charge is 0.490 e. The van der Waals surface area contributed by atoms with Crippen molar-refractivity contribution in [1.82, 2.24) is 15.3 Å². The number of nitrogens with one attached hydrogen (secondary N) is 1. The number of oxazole rings is 1. The molecule has 0 aliphatic heterocycles. The summed E-state index contributed by atoms with van der Waals surface area (Å²) in [6.07, 6.45) is 2.66. The van der Waals surface area contributed by atoms with Crippen LogP contribution in [0.4, 0.5) is 10.1 Å². The van der Waals surface area contributed by atoms with Crippen molar-refractivity contribution in [3.63, 3.8) is 0 Å². The highest BCUT2D eigenvalue weighted by Gasteiger charge is 2.27. The first-order chi connectivity index (χ1) is 21.6. The van der Waals surface area contributed by atoms with E-state index in [1.807, 2.05) is 0 Å². The number of anilines is 1. The second kappa shape index (κ2) is 11.7. The number of hydrogen-bond acceptors (Lipinski definition) is 9. The Morgan fingerprint density at radius 2 is 1.78 bits per heavy atom. The minimum Gasteiger partial charge on any atom is -0.490 e. The van der Waals surface area contributed by atoms with Gasteiger partial charge in [-0.15, -0.1) is 0 Å². The summed E-state index contributed by atoms with van der Waals surface area (Å²) < 4.78 is 58.4. The predicted octanol–water partition coefficient (Wildman–Crippen LogP) is 5.24. The van der Waals surface area contributed by atoms with E-state index in [1.54, 1.807) is 48.7 Å². The van der Waals surface area contributed by atoms with Gasteiger partial charge in [-0.05, 0) is 60.2 Å². The summed E-state index contributed by atoms with van der Waals surface area (Å²) in [5.41, 5.74) is 3.41. The van der Waals surface area contributed by atoms with E-state index < -0.39 is 21.7 Å². The van der Waals surface area contributed by atoms with Crippen molar-refractivity contribution in [3.8, 4) is 39.7 Å². The molecule has 3 aromatic heterocycles. The van der Waals surface area contributed by atoms with E-state index in [0.29, 0.717) is 44.6 Å². The van der Waals surface area contributed by atoms with Gasteiger partial charge in [-0.1, -0.05) is 6.07 Å². The van der Waals surface area contributed by atoms with Gasteiger partial charge in [0, 0.05) is 42.9 Å². The Bertz CT molecular complexity index is 2140. The van der Waals surface area contributed by atoms with E-state index >= 15 is 0 Å². The molecule has 0 saturated carbocycles. The molecular formula is C32H27FN4O7S. The topological polar surface area (TPSA) is 148 Å². The van der Waals surface area contributed by atoms with E-state index in [4.69, 9.17) is 13.6 Å². The van der Waals surface area contributed by atoms with Gasteiger partial charge in [0.05, 0.1) is 29.7 Å². The summed E-state index contributed by atoms with van der Waals surface area (Å²) in [7, 11) is -0.864. The number of aromatic nitrogens is 2. The van der Waals surface area contributed by atoms with Gasteiger partial charge >= 0.3 is 0 Å². The van der Waals surface area contributed by atoms with Gasteiger partial charge in [-0.25, -0.2) is 17.8 Å². The molecule has 45 heavy (non-hydrogen) atoms. The van der Waals surface area contributed by atoms with Crippen LogP contribution in [0.5, 0.6) is 5.75 Å². The number of hydrogen-bond donors (Lipinski definition) is 2. The number of sulfonamides is 1. The van der Waals surface area contributed by atoms with Crippen molar-refractivity contribution in [2.24, 2.45) is 0 Å². The Morgan fingerprint density at radius 1 is 1.02 bits per heavy atom. The summed E-state index contributed by atoms with van der Waals surface area (Å²) in [5, 5.41) is 12.4. The SMILES string of the molecule is CNC(=O)c1c(-c2ccc(F)cc2)oc2cc(N(C)S(C)(=O)=O)c(-c3ccc(OCCO)c(-c4nc5ncccc5o4)c3)cc12. The zero-order valence-corrected chi connectivity index (χ0v) is 25.2. The third-order valence-corrected chi connectivity index (χ3v) is 8.43. The number of carbonyl (C=O) groups excluding carboxylic acids is 1. The first kappa shape index (κ1) is 29.8. The molecule has 13 heteroatoms. The molecule has 0 radical (unpaired) electrons. The Hall–Kier alpha value is -5.27. The average Bonchev–Trinajstić information content (AvgIpc) is 3.64. The first-order valence-electron chi connectivity index (χ1n) is 13.7. The number of aliphatic hydroxyl groups is 1. The van der Waals surface area contributed by atoms with Gasteiger partial charge in [0.1, 0.15) is 29.5 Å². The molecule has 230 valence electrons. The minimum atomic E-state index is -3.76. The number of pyridine rings is 1. The average molecular weight is 631 g/mol. The molecule has 3 aromatic carbocycles. The summed E-state index contributed by atoms with van der Waals surface area (Å²) in [5.74, 6) is -0.137. The number of nitrogens with zero attached hydrogens (tertiary/aromatic N) is 3. The van der Waals surface area contributed by atoms with Crippen molar-refractivity contribution in [2.45, 2.75) is 0 Å². The molecule has 6 rings (SSSR count). The molecule has 0 unspecified atom stereocenters. The van der Waals surface area contributed by atoms with Crippen LogP contribution < -0.4 is 14.4 Å². The Kier molecular flexibility index (Phi) is 7.73. The molecule has 11 nitrogen and oxygen atoms in total. The fraction of sp³-hybridized carbons (Fsp3) is 0.156. The maximum atomic E-state index is 13.7. The molecule has 3 heterocycles. The van der Waals surface area contributed by atoms with E-state index in [-0.39, 0.29) is 41.7 Å². The molecule has 0 aliphatic rings. The van der Waals surface area contributed by atoms with Crippen LogP contribution in [0.1, 0.15) is 10.4 Å². The molecular weight excluding hydrogens is 603 g/mol. The number of halogens is 1. The molecule has 6 aromatic rings. The highest BCUT2D eigenvalue weighted by molar-refractivity contribution is 7.92. The molecule has 0 atom stereocenters. The molecule has 0 fully saturated rings. The lowest BCUT2D eigenvalue weighted by Crippen LogP contribution is -2.25. The molecule has 0 spiro atoms. The quantitative estimate of drug-likeness (QED) is 0.219. The van der Waals surface area contributed by atoms with Crippen molar-refractivity contribution in [2.75, 3.05) is 37.9 Å². The molecule has 0 bridgehead atoms. The van der Waals surface area contributed by atoms with Gasteiger partial charge in [0.2, 0.25) is 15.9 Å². The van der Waals surface area contributed by atoms with Crippen molar-refractivity contribution < 1.29 is 36.3 Å². The van der Waals surface area contributed by atoms with E-state index in [0.717, 1.165) is 10.6 Å². The highest BCUT2D eigenvalue weighted by atomic mass is 32.2. The van der Waals surface area contributed by atoms with Crippen LogP contribution >= 0.6 is 0 Å². The van der Waals surface area contributed by atoms with Gasteiger partial charge in [0.15, 0.2) is 11.2 Å². The van der Waals surface area contributed by atoms with Gasteiger partial charge in [-0.2, -0.15) is 4.98 Å². The maximum Gasteiger partial charge on any atom is 0.255 e. The monoisotopic (exact) mass is 630 g/mol. The van der Waals surface area contributed by atoms with Gasteiger partial charge in [-0.3, -0.25) is 9.10 Å². The van der Waals surface area contributed by atoms with Gasteiger partial charge in [0.25, 0.3) is 5.91 Å². The highest BCUT2D eigenvalue weighted by Crippen LogP contribution is 2.43. The Labute approximate surface area is 256 Å². The number of ether oxygens (including phenoxy) is 1. The first-order valence-corrected chi connectivity index (χ1v) is 15.6. The van der Waals surface area contributed by atoms with Crippen LogP contribution in [0.25, 0.3) is 56.1 Å². The lowest BCUT2D eigenvalue weighted by molar-refractivity contribution is 0.0964. The third kappa shape index (κ3) is 5.58. The van der Waals surface area contributed by atoms with Crippen LogP contribution in [0.2, 0.25) is 0 Å². The summed E-state index contributed by atoms with van der Waals surface area (Å²) in [6, 6.07) is 17.3. The number of amides is 1. The summed E-state index contributed by atoms with van der Waals surface area (Å²) in [4.78, 5) is 22.0. The third-order valence-electron chi connectivity index (χ3n) is 7.24. The standard InChI is InChI=1S/C32H27FN4O7S/c1-34-31(39)28-22-16-21(24(37(2)45(3,40)41)17-27(22)43-29(28)18-6-9-20(33)10-7-18)19-8-11-25(42-14-13-38)23(15-19)32-36-30-26(44-32)5-4-12-35-30/h4-12,15-17,38H,13-14H2,1-3H3,(H,34,39). The second-order valence-corrected chi connectivity index (χ2v) is 12.1. The van der Waals surface area contributed by atoms with Gasteiger partial charge < -0.3 is 24.0 Å². The van der Waals surface area contributed by atoms with E-state index in [2.05, 4.69) is 15.3 Å². The fourth-order valence-electron chi connectivity index (χ4n) is 4.99. The number of carbonyl (C=O) groups is 1. The predicted molar refractivity (Wildman–Crippen MR) is 167 cm³/mol. The van der Waals surface area contributed by atoms with Crippen LogP contribution in [0, 0.1) is 5.82 Å². The van der Waals surface area contributed by atoms with Crippen LogP contribution in [0.3, 0.4) is 0 Å². The zero-order chi connectivity index (χ0) is 31.9. The summed E-state index contributed by atoms with van der Waals surface area (Å²) >= 11 is 0. The lowest BCUT2D eigenvalue weighted by atomic mass is 9.97. The van der Waals surface area contributed by atoms with E-state index in [9.17, 15) is 22.7 Å². The van der Waals surface area contributed by atoms with E-state index in [1.165, 1.54) is 38.4 Å². The smallest absolute Gasteiger partial charge is 0.255 e. The van der Waals surface area contributed by atoms with Crippen LogP contribution in [-0.4, -0.2) is 63.0 Å². The Balaban J connectivity index is 1.63. The Morgan fingerprint density at radius 3 is 2.47 bits per heavy atom. The minimum absolute atomic E-state index is 0.00945. The van der Waals surface area contributed by atoms with Crippen molar-refractivity contribution in [1.29, 1.82) is 0 Å². The number of furan rings is 1. The normalized spacial score (nSPS) is 11.7. The second-order valence-electron chi connectivity index (χ2n) is 10.1. The van der Waals surface area contributed by atoms with Crippen LogP contribution in [-0.2, 0) is 10.0 Å². The molecule has 2 N–H and O–H groups in total. The lowest BCUT2D eigenvalue weighted by Gasteiger charge is -2.21. The molecule has 0 aliphatic carbocycles. The zero-order valence-electron chi connectivity index (χ0n) is 24.4. The van der Waals surface area contributed by atoms with Crippen LogP contribution in [0.15, 0.2) is 81.8 Å². The number of fused-ring (bicyclic) bond motifs is 2. The number of aliphatic hydroxyl groups excluding tert-OH is 1. The molecule has 0 saturated heterocycles. The number of benzene rings is 3. The fourth-order valence-corrected chi connectivity index (χ4v) is 5.50. The maximum absolute atomic E-state index is 13.7. The summed E-state index contributed by atoms with van der Waals surface area (Å²) in [6.45, 7) is -0.217. The van der Waals surface area contributed by atoms with Crippen molar-refractivity contribution in [3.05, 3.63) is 84.3 Å². The van der Waals surface area contributed by atoms with Crippen molar-refractivity contribution >= 4 is 43.8 Å². The number of rotatable bonds is 9. The molecule has 1 amide bonds.